The van der Waals surface area contributed by atoms with Crippen molar-refractivity contribution < 1.29 is 9.66 Å². The zero-order valence-corrected chi connectivity index (χ0v) is 12.4. The monoisotopic (exact) mass is 299 g/mol. The van der Waals surface area contributed by atoms with Gasteiger partial charge in [-0.05, 0) is 37.1 Å². The molecule has 22 heavy (non-hydrogen) atoms. The minimum atomic E-state index is -0.438. The van der Waals surface area contributed by atoms with Gasteiger partial charge < -0.3 is 9.64 Å². The zero-order chi connectivity index (χ0) is 15.5. The Morgan fingerprint density at radius 1 is 1.23 bits per heavy atom. The number of benzene rings is 1. The quantitative estimate of drug-likeness (QED) is 0.640. The van der Waals surface area contributed by atoms with Crippen LogP contribution in [-0.4, -0.2) is 30.1 Å². The van der Waals surface area contributed by atoms with Gasteiger partial charge in [0.25, 0.3) is 0 Å². The number of aromatic nitrogens is 1. The summed E-state index contributed by atoms with van der Waals surface area (Å²) in [7, 11) is 1.42. The summed E-state index contributed by atoms with van der Waals surface area (Å²) in [5.41, 5.74) is 1.40. The topological polar surface area (TPSA) is 68.5 Å². The largest absolute Gasteiger partial charge is 0.490 e. The SMILES string of the molecule is COc1ccc(-c2cccc(N3CCCC3)n2)cc1[N+](=O)[O-]. The second-order valence-corrected chi connectivity index (χ2v) is 5.22. The number of nitro groups is 1. The highest BCUT2D eigenvalue weighted by Gasteiger charge is 2.18. The first kappa shape index (κ1) is 14.3. The van der Waals surface area contributed by atoms with Gasteiger partial charge in [0.15, 0.2) is 5.75 Å². The molecule has 0 aliphatic carbocycles. The van der Waals surface area contributed by atoms with E-state index in [1.165, 1.54) is 26.0 Å². The highest BCUT2D eigenvalue weighted by Crippen LogP contribution is 2.32. The van der Waals surface area contributed by atoms with E-state index < -0.39 is 4.92 Å². The van der Waals surface area contributed by atoms with Crippen LogP contribution in [0.2, 0.25) is 0 Å². The van der Waals surface area contributed by atoms with Crippen LogP contribution in [0.4, 0.5) is 11.5 Å². The van der Waals surface area contributed by atoms with Crippen molar-refractivity contribution in [3.8, 4) is 17.0 Å². The molecular formula is C16H17N3O3. The van der Waals surface area contributed by atoms with Gasteiger partial charge in [-0.1, -0.05) is 6.07 Å². The number of ether oxygens (including phenoxy) is 1. The number of pyridine rings is 1. The van der Waals surface area contributed by atoms with Gasteiger partial charge in [0.2, 0.25) is 0 Å². The molecular weight excluding hydrogens is 282 g/mol. The molecule has 1 saturated heterocycles. The lowest BCUT2D eigenvalue weighted by Gasteiger charge is -2.17. The third kappa shape index (κ3) is 2.72. The minimum Gasteiger partial charge on any atom is -0.490 e. The predicted molar refractivity (Wildman–Crippen MR) is 84.3 cm³/mol. The van der Waals surface area contributed by atoms with E-state index in [9.17, 15) is 10.1 Å². The van der Waals surface area contributed by atoms with E-state index in [0.717, 1.165) is 24.6 Å². The van der Waals surface area contributed by atoms with Crippen molar-refractivity contribution >= 4 is 11.5 Å². The molecule has 0 N–H and O–H groups in total. The number of rotatable bonds is 4. The van der Waals surface area contributed by atoms with Crippen molar-refractivity contribution in [3.63, 3.8) is 0 Å². The van der Waals surface area contributed by atoms with Crippen LogP contribution in [0.3, 0.4) is 0 Å². The molecule has 1 aromatic heterocycles. The second kappa shape index (κ2) is 6.01. The van der Waals surface area contributed by atoms with Gasteiger partial charge in [-0.3, -0.25) is 10.1 Å². The van der Waals surface area contributed by atoms with E-state index in [2.05, 4.69) is 9.88 Å². The molecule has 3 rings (SSSR count). The molecule has 0 atom stereocenters. The fourth-order valence-corrected chi connectivity index (χ4v) is 2.70. The number of anilines is 1. The van der Waals surface area contributed by atoms with Crippen LogP contribution in [0.15, 0.2) is 36.4 Å². The summed E-state index contributed by atoms with van der Waals surface area (Å²) in [5, 5.41) is 11.1. The molecule has 0 amide bonds. The Bertz CT molecular complexity index is 697. The van der Waals surface area contributed by atoms with Gasteiger partial charge in [0, 0.05) is 24.7 Å². The maximum Gasteiger partial charge on any atom is 0.311 e. The van der Waals surface area contributed by atoms with Crippen LogP contribution in [-0.2, 0) is 0 Å². The predicted octanol–water partition coefficient (Wildman–Crippen LogP) is 3.27. The third-order valence-electron chi connectivity index (χ3n) is 3.84. The summed E-state index contributed by atoms with van der Waals surface area (Å²) in [6, 6.07) is 10.7. The van der Waals surface area contributed by atoms with E-state index in [4.69, 9.17) is 4.74 Å². The fourth-order valence-electron chi connectivity index (χ4n) is 2.70. The highest BCUT2D eigenvalue weighted by atomic mass is 16.6. The molecule has 1 aliphatic rings. The van der Waals surface area contributed by atoms with Crippen molar-refractivity contribution in [1.29, 1.82) is 0 Å². The molecule has 2 heterocycles. The zero-order valence-electron chi connectivity index (χ0n) is 12.4. The Balaban J connectivity index is 1.98. The number of nitro benzene ring substituents is 1. The molecule has 0 radical (unpaired) electrons. The van der Waals surface area contributed by atoms with Gasteiger partial charge in [0.05, 0.1) is 17.7 Å². The molecule has 1 aliphatic heterocycles. The smallest absolute Gasteiger partial charge is 0.311 e. The van der Waals surface area contributed by atoms with Gasteiger partial charge in [-0.15, -0.1) is 0 Å². The lowest BCUT2D eigenvalue weighted by atomic mass is 10.1. The molecule has 6 heteroatoms. The molecule has 0 saturated carbocycles. The van der Waals surface area contributed by atoms with Crippen LogP contribution in [0.1, 0.15) is 12.8 Å². The fraction of sp³-hybridized carbons (Fsp3) is 0.312. The highest BCUT2D eigenvalue weighted by molar-refractivity contribution is 5.67. The van der Waals surface area contributed by atoms with Crippen LogP contribution < -0.4 is 9.64 Å². The molecule has 1 fully saturated rings. The molecule has 1 aromatic carbocycles. The second-order valence-electron chi connectivity index (χ2n) is 5.22. The Labute approximate surface area is 128 Å². The summed E-state index contributed by atoms with van der Waals surface area (Å²) in [4.78, 5) is 17.6. The lowest BCUT2D eigenvalue weighted by molar-refractivity contribution is -0.385. The van der Waals surface area contributed by atoms with Gasteiger partial charge in [0.1, 0.15) is 5.82 Å². The average Bonchev–Trinajstić information content (AvgIpc) is 3.09. The third-order valence-corrected chi connectivity index (χ3v) is 3.84. The van der Waals surface area contributed by atoms with Crippen molar-refractivity contribution in [2.75, 3.05) is 25.1 Å². The standard InChI is InChI=1S/C16H17N3O3/c1-22-15-8-7-12(11-14(15)19(20)21)13-5-4-6-16(17-13)18-9-2-3-10-18/h4-8,11H,2-3,9-10H2,1H3. The summed E-state index contributed by atoms with van der Waals surface area (Å²) < 4.78 is 5.03. The van der Waals surface area contributed by atoms with E-state index in [1.54, 1.807) is 12.1 Å². The summed E-state index contributed by atoms with van der Waals surface area (Å²) in [6.07, 6.45) is 2.36. The Hall–Kier alpha value is -2.63. The van der Waals surface area contributed by atoms with Crippen LogP contribution >= 0.6 is 0 Å². The first-order chi connectivity index (χ1) is 10.7. The first-order valence-electron chi connectivity index (χ1n) is 7.24. The molecule has 6 nitrogen and oxygen atoms in total. The van der Waals surface area contributed by atoms with Gasteiger partial charge >= 0.3 is 5.69 Å². The molecule has 2 aromatic rings. The maximum atomic E-state index is 11.1. The molecule has 0 spiro atoms. The van der Waals surface area contributed by atoms with E-state index in [-0.39, 0.29) is 11.4 Å². The number of methoxy groups -OCH3 is 1. The van der Waals surface area contributed by atoms with E-state index in [1.807, 2.05) is 18.2 Å². The Kier molecular flexibility index (Phi) is 3.91. The number of hydrogen-bond donors (Lipinski definition) is 0. The lowest BCUT2D eigenvalue weighted by Crippen LogP contribution is -2.18. The van der Waals surface area contributed by atoms with Gasteiger partial charge in [-0.2, -0.15) is 0 Å². The first-order valence-corrected chi connectivity index (χ1v) is 7.24. The van der Waals surface area contributed by atoms with E-state index in [0.29, 0.717) is 5.56 Å². The van der Waals surface area contributed by atoms with Crippen molar-refractivity contribution in [1.82, 2.24) is 4.98 Å². The summed E-state index contributed by atoms with van der Waals surface area (Å²) >= 11 is 0. The van der Waals surface area contributed by atoms with Crippen molar-refractivity contribution in [2.45, 2.75) is 12.8 Å². The number of hydrogen-bond acceptors (Lipinski definition) is 5. The summed E-state index contributed by atoms with van der Waals surface area (Å²) in [6.45, 7) is 2.03. The van der Waals surface area contributed by atoms with Gasteiger partial charge in [-0.25, -0.2) is 4.98 Å². The van der Waals surface area contributed by atoms with Crippen LogP contribution in [0.5, 0.6) is 5.75 Å². The molecule has 0 unspecified atom stereocenters. The normalized spacial score (nSPS) is 14.1. The summed E-state index contributed by atoms with van der Waals surface area (Å²) in [5.74, 6) is 1.18. The Morgan fingerprint density at radius 2 is 2.00 bits per heavy atom. The van der Waals surface area contributed by atoms with Crippen LogP contribution in [0.25, 0.3) is 11.3 Å². The average molecular weight is 299 g/mol. The maximum absolute atomic E-state index is 11.1. The molecule has 0 bridgehead atoms. The van der Waals surface area contributed by atoms with Crippen molar-refractivity contribution in [3.05, 3.63) is 46.5 Å². The van der Waals surface area contributed by atoms with Crippen LogP contribution in [0, 0.1) is 10.1 Å². The molecule has 114 valence electrons. The van der Waals surface area contributed by atoms with Crippen molar-refractivity contribution in [2.24, 2.45) is 0 Å². The van der Waals surface area contributed by atoms with E-state index >= 15 is 0 Å². The number of nitrogens with zero attached hydrogens (tertiary/aromatic N) is 3. The Morgan fingerprint density at radius 3 is 2.68 bits per heavy atom. The minimum absolute atomic E-state index is 0.0478.